The molecule has 0 aromatic rings. The van der Waals surface area contributed by atoms with Gasteiger partial charge in [-0.1, -0.05) is 72.6 Å². The van der Waals surface area contributed by atoms with Crippen molar-refractivity contribution in [2.75, 3.05) is 0 Å². The van der Waals surface area contributed by atoms with E-state index in [2.05, 4.69) is 48.5 Å². The number of rotatable bonds is 7. The van der Waals surface area contributed by atoms with Gasteiger partial charge < -0.3 is 0 Å². The molecule has 0 aliphatic carbocycles. The van der Waals surface area contributed by atoms with E-state index in [9.17, 15) is 0 Å². The van der Waals surface area contributed by atoms with Crippen LogP contribution in [-0.4, -0.2) is 8.07 Å². The summed E-state index contributed by atoms with van der Waals surface area (Å²) in [6.45, 7) is 16.8. The summed E-state index contributed by atoms with van der Waals surface area (Å²) in [4.78, 5) is 0. The summed E-state index contributed by atoms with van der Waals surface area (Å²) in [5, 5.41) is 0. The summed E-state index contributed by atoms with van der Waals surface area (Å²) < 4.78 is 0. The van der Waals surface area contributed by atoms with Crippen LogP contribution in [0.3, 0.4) is 0 Å². The SMILES string of the molecule is CC[Si](CC(C)C)(CC(C)C)CC(C)C. The molecule has 92 valence electrons. The summed E-state index contributed by atoms with van der Waals surface area (Å²) in [5.74, 6) is 2.69. The maximum absolute atomic E-state index is 2.44. The van der Waals surface area contributed by atoms with Crippen molar-refractivity contribution in [1.82, 2.24) is 0 Å². The van der Waals surface area contributed by atoms with E-state index in [1.807, 2.05) is 0 Å². The van der Waals surface area contributed by atoms with Crippen molar-refractivity contribution in [3.8, 4) is 0 Å². The molecule has 0 rings (SSSR count). The lowest BCUT2D eigenvalue weighted by molar-refractivity contribution is 0.639. The third-order valence-corrected chi connectivity index (χ3v) is 9.82. The van der Waals surface area contributed by atoms with Gasteiger partial charge in [0, 0.05) is 0 Å². The van der Waals surface area contributed by atoms with Crippen LogP contribution < -0.4 is 0 Å². The number of hydrogen-bond acceptors (Lipinski definition) is 0. The van der Waals surface area contributed by atoms with Gasteiger partial charge in [0.05, 0.1) is 8.07 Å². The molecule has 0 unspecified atom stereocenters. The van der Waals surface area contributed by atoms with Crippen LogP contribution in [0, 0.1) is 17.8 Å². The molecule has 0 nitrogen and oxygen atoms in total. The van der Waals surface area contributed by atoms with E-state index < -0.39 is 8.07 Å². The van der Waals surface area contributed by atoms with Gasteiger partial charge in [0.15, 0.2) is 0 Å². The Hall–Kier alpha value is 0.217. The third-order valence-electron chi connectivity index (χ3n) is 3.27. The van der Waals surface area contributed by atoms with Gasteiger partial charge >= 0.3 is 0 Å². The van der Waals surface area contributed by atoms with E-state index in [4.69, 9.17) is 0 Å². The van der Waals surface area contributed by atoms with Gasteiger partial charge in [0.1, 0.15) is 0 Å². The molecule has 0 atom stereocenters. The van der Waals surface area contributed by atoms with Crippen LogP contribution in [-0.2, 0) is 0 Å². The van der Waals surface area contributed by atoms with E-state index in [1.54, 1.807) is 18.1 Å². The molecule has 0 saturated heterocycles. The number of hydrogen-bond donors (Lipinski definition) is 0. The monoisotopic (exact) mass is 228 g/mol. The molecule has 0 aromatic carbocycles. The molecular weight excluding hydrogens is 196 g/mol. The average molecular weight is 228 g/mol. The first-order chi connectivity index (χ1) is 6.81. The van der Waals surface area contributed by atoms with Crippen LogP contribution in [0.15, 0.2) is 0 Å². The Kier molecular flexibility index (Phi) is 6.82. The molecule has 0 spiro atoms. The Morgan fingerprint density at radius 1 is 0.667 bits per heavy atom. The minimum Gasteiger partial charge on any atom is -0.0678 e. The molecule has 0 fully saturated rings. The molecule has 0 amide bonds. The molecule has 0 aliphatic heterocycles. The van der Waals surface area contributed by atoms with Crippen LogP contribution in [0.5, 0.6) is 0 Å². The van der Waals surface area contributed by atoms with Gasteiger partial charge in [-0.25, -0.2) is 0 Å². The van der Waals surface area contributed by atoms with Gasteiger partial charge in [0.25, 0.3) is 0 Å². The van der Waals surface area contributed by atoms with Gasteiger partial charge in [0.2, 0.25) is 0 Å². The highest BCUT2D eigenvalue weighted by Gasteiger charge is 2.32. The van der Waals surface area contributed by atoms with Crippen molar-refractivity contribution in [3.05, 3.63) is 0 Å². The van der Waals surface area contributed by atoms with Gasteiger partial charge in [-0.05, 0) is 17.8 Å². The lowest BCUT2D eigenvalue weighted by atomic mass is 10.2. The third kappa shape index (κ3) is 6.39. The second-order valence-corrected chi connectivity index (χ2v) is 11.6. The van der Waals surface area contributed by atoms with Crippen molar-refractivity contribution in [2.24, 2.45) is 17.8 Å². The Morgan fingerprint density at radius 2 is 0.933 bits per heavy atom. The van der Waals surface area contributed by atoms with Crippen LogP contribution in [0.4, 0.5) is 0 Å². The fourth-order valence-electron chi connectivity index (χ4n) is 3.28. The highest BCUT2D eigenvalue weighted by molar-refractivity contribution is 6.79. The summed E-state index contributed by atoms with van der Waals surface area (Å²) in [6.07, 6.45) is 0. The molecule has 0 radical (unpaired) electrons. The summed E-state index contributed by atoms with van der Waals surface area (Å²) in [7, 11) is -0.959. The molecule has 15 heavy (non-hydrogen) atoms. The lowest BCUT2D eigenvalue weighted by Gasteiger charge is -2.35. The van der Waals surface area contributed by atoms with Crippen LogP contribution in [0.25, 0.3) is 0 Å². The van der Waals surface area contributed by atoms with E-state index in [0.29, 0.717) is 0 Å². The van der Waals surface area contributed by atoms with Crippen molar-refractivity contribution < 1.29 is 0 Å². The summed E-state index contributed by atoms with van der Waals surface area (Å²) in [5.41, 5.74) is 0. The second kappa shape index (κ2) is 6.73. The Morgan fingerprint density at radius 3 is 1.07 bits per heavy atom. The van der Waals surface area contributed by atoms with Gasteiger partial charge in [-0.3, -0.25) is 0 Å². The largest absolute Gasteiger partial charge is 0.0678 e. The van der Waals surface area contributed by atoms with E-state index >= 15 is 0 Å². The fourth-order valence-corrected chi connectivity index (χ4v) is 9.84. The molecule has 0 heterocycles. The van der Waals surface area contributed by atoms with E-state index in [-0.39, 0.29) is 0 Å². The topological polar surface area (TPSA) is 0 Å². The molecule has 0 aliphatic rings. The van der Waals surface area contributed by atoms with Crippen LogP contribution >= 0.6 is 0 Å². The summed E-state index contributed by atoms with van der Waals surface area (Å²) >= 11 is 0. The van der Waals surface area contributed by atoms with Gasteiger partial charge in [-0.2, -0.15) is 0 Å². The molecule has 0 N–H and O–H groups in total. The maximum atomic E-state index is 2.44. The minimum atomic E-state index is -0.959. The Bertz CT molecular complexity index is 132. The lowest BCUT2D eigenvalue weighted by Crippen LogP contribution is -2.37. The van der Waals surface area contributed by atoms with Crippen molar-refractivity contribution in [3.63, 3.8) is 0 Å². The van der Waals surface area contributed by atoms with Crippen molar-refractivity contribution in [1.29, 1.82) is 0 Å². The maximum Gasteiger partial charge on any atom is 0.0540 e. The predicted molar refractivity (Wildman–Crippen MR) is 75.2 cm³/mol. The quantitative estimate of drug-likeness (QED) is 0.510. The zero-order valence-corrected chi connectivity index (χ0v) is 13.1. The smallest absolute Gasteiger partial charge is 0.0540 e. The van der Waals surface area contributed by atoms with Gasteiger partial charge in [-0.15, -0.1) is 0 Å². The average Bonchev–Trinajstić information content (AvgIpc) is 1.99. The zero-order chi connectivity index (χ0) is 12.1. The van der Waals surface area contributed by atoms with E-state index in [0.717, 1.165) is 17.8 Å². The first-order valence-corrected chi connectivity index (χ1v) is 9.64. The molecule has 0 saturated carbocycles. The highest BCUT2D eigenvalue weighted by atomic mass is 28.3. The molecule has 1 heteroatoms. The molecule has 0 aromatic heterocycles. The predicted octanol–water partition coefficient (Wildman–Crippen LogP) is 5.42. The van der Waals surface area contributed by atoms with Crippen molar-refractivity contribution >= 4 is 8.07 Å². The zero-order valence-electron chi connectivity index (χ0n) is 12.1. The summed E-state index contributed by atoms with van der Waals surface area (Å²) in [6, 6.07) is 6.11. The van der Waals surface area contributed by atoms with E-state index in [1.165, 1.54) is 6.04 Å². The highest BCUT2D eigenvalue weighted by Crippen LogP contribution is 2.34. The normalized spacial score (nSPS) is 13.2. The molecular formula is C14H32Si. The fraction of sp³-hybridized carbons (Fsp3) is 1.00. The molecule has 0 bridgehead atoms. The first kappa shape index (κ1) is 15.2. The Labute approximate surface area is 98.9 Å². The van der Waals surface area contributed by atoms with Crippen LogP contribution in [0.2, 0.25) is 24.2 Å². The first-order valence-electron chi connectivity index (χ1n) is 6.81. The van der Waals surface area contributed by atoms with Crippen LogP contribution in [0.1, 0.15) is 48.5 Å². The minimum absolute atomic E-state index is 0.897. The standard InChI is InChI=1S/C14H32Si/c1-8-15(9-12(2)3,10-13(4)5)11-14(6)7/h12-14H,8-11H2,1-7H3. The Balaban J connectivity index is 4.59. The van der Waals surface area contributed by atoms with Crippen molar-refractivity contribution in [2.45, 2.75) is 72.6 Å². The second-order valence-electron chi connectivity index (χ2n) is 6.65.